The van der Waals surface area contributed by atoms with Gasteiger partial charge in [-0.05, 0) is 52.2 Å². The van der Waals surface area contributed by atoms with Gasteiger partial charge in [0.05, 0.1) is 12.1 Å². The normalized spacial score (nSPS) is 10.2. The molecule has 0 unspecified atom stereocenters. The quantitative estimate of drug-likeness (QED) is 0.842. The van der Waals surface area contributed by atoms with Crippen LogP contribution in [-0.2, 0) is 11.2 Å². The van der Waals surface area contributed by atoms with Gasteiger partial charge in [0, 0.05) is 30.5 Å². The maximum absolute atomic E-state index is 12.1. The van der Waals surface area contributed by atoms with Crippen molar-refractivity contribution >= 4 is 27.7 Å². The van der Waals surface area contributed by atoms with Gasteiger partial charge >= 0.3 is 0 Å². The van der Waals surface area contributed by atoms with E-state index >= 15 is 0 Å². The van der Waals surface area contributed by atoms with Crippen LogP contribution in [0, 0.1) is 0 Å². The van der Waals surface area contributed by atoms with Gasteiger partial charge in [0.1, 0.15) is 0 Å². The van der Waals surface area contributed by atoms with E-state index in [2.05, 4.69) is 26.2 Å². The lowest BCUT2D eigenvalue weighted by Gasteiger charge is -2.17. The maximum atomic E-state index is 12.1. The number of likely N-dealkylation sites (N-methyl/N-ethyl adjacent to an activating group) is 1. The summed E-state index contributed by atoms with van der Waals surface area (Å²) in [6.45, 7) is 0.570. The summed E-state index contributed by atoms with van der Waals surface area (Å²) in [5.41, 5.74) is 1.64. The molecule has 2 amide bonds. The van der Waals surface area contributed by atoms with Gasteiger partial charge in [-0.3, -0.25) is 14.6 Å². The average molecular weight is 376 g/mol. The number of pyridine rings is 1. The van der Waals surface area contributed by atoms with Crippen LogP contribution in [0.3, 0.4) is 0 Å². The van der Waals surface area contributed by atoms with Crippen molar-refractivity contribution in [3.8, 4) is 0 Å². The molecule has 0 radical (unpaired) electrons. The van der Waals surface area contributed by atoms with Crippen LogP contribution in [0.1, 0.15) is 15.9 Å². The Balaban J connectivity index is 1.80. The Hall–Kier alpha value is -2.21. The second-order valence-corrected chi connectivity index (χ2v) is 5.94. The lowest BCUT2D eigenvalue weighted by Crippen LogP contribution is -2.39. The first kappa shape index (κ1) is 17.1. The number of benzene rings is 1. The van der Waals surface area contributed by atoms with E-state index in [1.807, 2.05) is 18.2 Å². The second-order valence-electron chi connectivity index (χ2n) is 5.08. The maximum Gasteiger partial charge on any atom is 0.252 e. The van der Waals surface area contributed by atoms with Gasteiger partial charge in [-0.15, -0.1) is 0 Å². The Morgan fingerprint density at radius 2 is 1.87 bits per heavy atom. The Bertz CT molecular complexity index is 677. The van der Waals surface area contributed by atoms with E-state index in [4.69, 9.17) is 0 Å². The molecule has 0 saturated carbocycles. The van der Waals surface area contributed by atoms with Crippen molar-refractivity contribution in [2.24, 2.45) is 0 Å². The molecule has 0 saturated heterocycles. The first-order valence-corrected chi connectivity index (χ1v) is 8.03. The van der Waals surface area contributed by atoms with Crippen LogP contribution in [0.4, 0.5) is 0 Å². The number of halogens is 1. The van der Waals surface area contributed by atoms with Crippen LogP contribution in [0.25, 0.3) is 0 Å². The molecule has 1 aromatic heterocycles. The third-order valence-electron chi connectivity index (χ3n) is 3.43. The van der Waals surface area contributed by atoms with Crippen molar-refractivity contribution in [2.75, 3.05) is 20.1 Å². The SMILES string of the molecule is CN(CCc1ccncc1)C(=O)CNC(=O)c1ccccc1Br. The summed E-state index contributed by atoms with van der Waals surface area (Å²) in [5, 5.41) is 2.65. The Morgan fingerprint density at radius 3 is 2.57 bits per heavy atom. The molecule has 2 rings (SSSR count). The molecule has 0 fully saturated rings. The molecule has 2 aromatic rings. The zero-order chi connectivity index (χ0) is 16.7. The van der Waals surface area contributed by atoms with E-state index in [0.717, 1.165) is 12.0 Å². The van der Waals surface area contributed by atoms with Crippen molar-refractivity contribution < 1.29 is 9.59 Å². The van der Waals surface area contributed by atoms with Gasteiger partial charge in [-0.2, -0.15) is 0 Å². The largest absolute Gasteiger partial charge is 0.344 e. The van der Waals surface area contributed by atoms with E-state index in [-0.39, 0.29) is 18.4 Å². The number of carbonyl (C=O) groups is 2. The van der Waals surface area contributed by atoms with Crippen LogP contribution in [0.5, 0.6) is 0 Å². The minimum atomic E-state index is -0.270. The lowest BCUT2D eigenvalue weighted by molar-refractivity contribution is -0.128. The third-order valence-corrected chi connectivity index (χ3v) is 4.12. The molecule has 1 aromatic carbocycles. The van der Waals surface area contributed by atoms with Crippen LogP contribution < -0.4 is 5.32 Å². The highest BCUT2D eigenvalue weighted by molar-refractivity contribution is 9.10. The van der Waals surface area contributed by atoms with Crippen molar-refractivity contribution in [1.82, 2.24) is 15.2 Å². The Morgan fingerprint density at radius 1 is 1.17 bits per heavy atom. The second kappa shape index (κ2) is 8.43. The van der Waals surface area contributed by atoms with Crippen molar-refractivity contribution in [3.63, 3.8) is 0 Å². The molecule has 120 valence electrons. The molecule has 0 spiro atoms. The number of carbonyl (C=O) groups excluding carboxylic acids is 2. The van der Waals surface area contributed by atoms with Crippen LogP contribution in [0.2, 0.25) is 0 Å². The summed E-state index contributed by atoms with van der Waals surface area (Å²) >= 11 is 3.32. The first-order valence-electron chi connectivity index (χ1n) is 7.23. The minimum Gasteiger partial charge on any atom is -0.344 e. The molecular weight excluding hydrogens is 358 g/mol. The van der Waals surface area contributed by atoms with Gasteiger partial charge in [0.25, 0.3) is 5.91 Å². The number of amides is 2. The van der Waals surface area contributed by atoms with Crippen LogP contribution >= 0.6 is 15.9 Å². The van der Waals surface area contributed by atoms with Gasteiger partial charge < -0.3 is 10.2 Å². The fourth-order valence-corrected chi connectivity index (χ4v) is 2.47. The summed E-state index contributed by atoms with van der Waals surface area (Å²) in [7, 11) is 1.73. The predicted molar refractivity (Wildman–Crippen MR) is 92.1 cm³/mol. The molecule has 0 bridgehead atoms. The van der Waals surface area contributed by atoms with Crippen LogP contribution in [0.15, 0.2) is 53.3 Å². The highest BCUT2D eigenvalue weighted by atomic mass is 79.9. The lowest BCUT2D eigenvalue weighted by atomic mass is 10.2. The summed E-state index contributed by atoms with van der Waals surface area (Å²) in [6.07, 6.45) is 4.22. The fourth-order valence-electron chi connectivity index (χ4n) is 2.00. The first-order chi connectivity index (χ1) is 11.1. The number of hydrogen-bond acceptors (Lipinski definition) is 3. The number of nitrogens with zero attached hydrogens (tertiary/aromatic N) is 2. The van der Waals surface area contributed by atoms with Gasteiger partial charge in [-0.25, -0.2) is 0 Å². The summed E-state index contributed by atoms with van der Waals surface area (Å²) < 4.78 is 0.705. The highest BCUT2D eigenvalue weighted by Gasteiger charge is 2.13. The van der Waals surface area contributed by atoms with Crippen molar-refractivity contribution in [1.29, 1.82) is 0 Å². The standard InChI is InChI=1S/C17H18BrN3O2/c1-21(11-8-13-6-9-19-10-7-13)16(22)12-20-17(23)14-4-2-3-5-15(14)18/h2-7,9-10H,8,11-12H2,1H3,(H,20,23). The van der Waals surface area contributed by atoms with Gasteiger partial charge in [-0.1, -0.05) is 12.1 Å². The number of aromatic nitrogens is 1. The molecule has 23 heavy (non-hydrogen) atoms. The van der Waals surface area contributed by atoms with E-state index in [1.54, 1.807) is 42.5 Å². The molecular formula is C17H18BrN3O2. The molecule has 5 nitrogen and oxygen atoms in total. The molecule has 0 aliphatic carbocycles. The summed E-state index contributed by atoms with van der Waals surface area (Å²) in [5.74, 6) is -0.396. The zero-order valence-corrected chi connectivity index (χ0v) is 14.4. The van der Waals surface area contributed by atoms with E-state index in [9.17, 15) is 9.59 Å². The van der Waals surface area contributed by atoms with Gasteiger partial charge in [0.15, 0.2) is 0 Å². The van der Waals surface area contributed by atoms with Crippen LogP contribution in [-0.4, -0.2) is 41.8 Å². The van der Waals surface area contributed by atoms with Crippen molar-refractivity contribution in [2.45, 2.75) is 6.42 Å². The van der Waals surface area contributed by atoms with E-state index < -0.39 is 0 Å². The number of nitrogens with one attached hydrogen (secondary N) is 1. The molecule has 0 atom stereocenters. The Labute approximate surface area is 143 Å². The smallest absolute Gasteiger partial charge is 0.252 e. The van der Waals surface area contributed by atoms with Gasteiger partial charge in [0.2, 0.25) is 5.91 Å². The number of hydrogen-bond donors (Lipinski definition) is 1. The molecule has 1 N–H and O–H groups in total. The Kier molecular flexibility index (Phi) is 6.29. The molecule has 0 aliphatic heterocycles. The van der Waals surface area contributed by atoms with E-state index in [1.165, 1.54) is 0 Å². The average Bonchev–Trinajstić information content (AvgIpc) is 2.58. The molecule has 0 aliphatic rings. The summed E-state index contributed by atoms with van der Waals surface area (Å²) in [4.78, 5) is 29.7. The van der Waals surface area contributed by atoms with E-state index in [0.29, 0.717) is 16.6 Å². The molecule has 6 heteroatoms. The topological polar surface area (TPSA) is 62.3 Å². The molecule has 1 heterocycles. The minimum absolute atomic E-state index is 0.0208. The zero-order valence-electron chi connectivity index (χ0n) is 12.8. The van der Waals surface area contributed by atoms with Crippen molar-refractivity contribution in [3.05, 3.63) is 64.4 Å². The number of rotatable bonds is 6. The fraction of sp³-hybridized carbons (Fsp3) is 0.235. The monoisotopic (exact) mass is 375 g/mol. The summed E-state index contributed by atoms with van der Waals surface area (Å²) in [6, 6.07) is 11.0. The predicted octanol–water partition coefficient (Wildman–Crippen LogP) is 2.27. The third kappa shape index (κ3) is 5.17. The highest BCUT2D eigenvalue weighted by Crippen LogP contribution is 2.15.